The summed E-state index contributed by atoms with van der Waals surface area (Å²) < 4.78 is 31.3. The van der Waals surface area contributed by atoms with Gasteiger partial charge in [-0.25, -0.2) is 13.6 Å². The number of fused-ring (bicyclic) bond motifs is 1. The molecule has 6 heteroatoms. The standard InChI is InChI=1S/C10H6F2N2O2/c11-10(12,3-4-13)6-1-2-7-8(5-6)16-9(15)14-7/h1-2,5H,3H2,(H,14,15). The highest BCUT2D eigenvalue weighted by Crippen LogP contribution is 2.32. The molecular weight excluding hydrogens is 218 g/mol. The van der Waals surface area contributed by atoms with E-state index in [1.807, 2.05) is 0 Å². The Morgan fingerprint density at radius 2 is 2.25 bits per heavy atom. The van der Waals surface area contributed by atoms with E-state index in [4.69, 9.17) is 5.26 Å². The molecule has 0 aliphatic carbocycles. The van der Waals surface area contributed by atoms with E-state index < -0.39 is 18.1 Å². The molecule has 0 aliphatic heterocycles. The van der Waals surface area contributed by atoms with Crippen LogP contribution in [0, 0.1) is 11.3 Å². The first kappa shape index (κ1) is 10.4. The number of nitrogens with zero attached hydrogens (tertiary/aromatic N) is 1. The van der Waals surface area contributed by atoms with E-state index in [1.54, 1.807) is 0 Å². The number of rotatable bonds is 2. The fourth-order valence-corrected chi connectivity index (χ4v) is 1.37. The van der Waals surface area contributed by atoms with Gasteiger partial charge in [-0.1, -0.05) is 6.07 Å². The maximum absolute atomic E-state index is 13.3. The number of hydrogen-bond donors (Lipinski definition) is 1. The molecule has 16 heavy (non-hydrogen) atoms. The Kier molecular flexibility index (Phi) is 2.23. The lowest BCUT2D eigenvalue weighted by atomic mass is 10.1. The van der Waals surface area contributed by atoms with Gasteiger partial charge in [-0.3, -0.25) is 4.98 Å². The molecule has 0 spiro atoms. The Morgan fingerprint density at radius 1 is 1.50 bits per heavy atom. The van der Waals surface area contributed by atoms with Crippen LogP contribution in [0.4, 0.5) is 8.78 Å². The quantitative estimate of drug-likeness (QED) is 0.849. The summed E-state index contributed by atoms with van der Waals surface area (Å²) >= 11 is 0. The number of halogens is 2. The molecular formula is C10H6F2N2O2. The van der Waals surface area contributed by atoms with Crippen molar-refractivity contribution < 1.29 is 13.2 Å². The molecule has 1 aromatic heterocycles. The summed E-state index contributed by atoms with van der Waals surface area (Å²) in [6.07, 6.45) is -0.910. The molecule has 0 radical (unpaired) electrons. The molecule has 2 aromatic rings. The van der Waals surface area contributed by atoms with Crippen LogP contribution in [-0.2, 0) is 5.92 Å². The first-order chi connectivity index (χ1) is 7.53. The average molecular weight is 224 g/mol. The largest absolute Gasteiger partial charge is 0.417 e. The van der Waals surface area contributed by atoms with Crippen LogP contribution in [0.15, 0.2) is 27.4 Å². The highest BCUT2D eigenvalue weighted by molar-refractivity contribution is 5.73. The molecule has 1 N–H and O–H groups in total. The maximum atomic E-state index is 13.3. The molecule has 1 aromatic carbocycles. The molecule has 0 aliphatic rings. The van der Waals surface area contributed by atoms with E-state index in [1.165, 1.54) is 12.1 Å². The summed E-state index contributed by atoms with van der Waals surface area (Å²) in [5.74, 6) is -3.94. The zero-order chi connectivity index (χ0) is 11.8. The number of nitrogens with one attached hydrogen (secondary N) is 1. The third-order valence-corrected chi connectivity index (χ3v) is 2.14. The molecule has 1 heterocycles. The molecule has 2 rings (SSSR count). The summed E-state index contributed by atoms with van der Waals surface area (Å²) in [4.78, 5) is 13.2. The second kappa shape index (κ2) is 3.45. The Morgan fingerprint density at radius 3 is 2.94 bits per heavy atom. The van der Waals surface area contributed by atoms with Crippen LogP contribution in [0.5, 0.6) is 0 Å². The minimum Gasteiger partial charge on any atom is -0.408 e. The van der Waals surface area contributed by atoms with Crippen molar-refractivity contribution in [3.05, 3.63) is 34.3 Å². The van der Waals surface area contributed by atoms with Crippen molar-refractivity contribution in [2.24, 2.45) is 0 Å². The van der Waals surface area contributed by atoms with Crippen LogP contribution in [0.25, 0.3) is 11.1 Å². The topological polar surface area (TPSA) is 69.8 Å². The second-order valence-corrected chi connectivity index (χ2v) is 3.26. The maximum Gasteiger partial charge on any atom is 0.417 e. The van der Waals surface area contributed by atoms with Gasteiger partial charge in [0.25, 0.3) is 5.92 Å². The SMILES string of the molecule is N#CCC(F)(F)c1ccc2[nH]c(=O)oc2c1. The molecule has 82 valence electrons. The second-order valence-electron chi connectivity index (χ2n) is 3.26. The van der Waals surface area contributed by atoms with E-state index in [0.29, 0.717) is 5.52 Å². The van der Waals surface area contributed by atoms with Gasteiger partial charge in [0.1, 0.15) is 6.42 Å². The van der Waals surface area contributed by atoms with Crippen LogP contribution < -0.4 is 5.76 Å². The number of nitriles is 1. The minimum absolute atomic E-state index is 0.0557. The van der Waals surface area contributed by atoms with Crippen molar-refractivity contribution in [1.29, 1.82) is 5.26 Å². The summed E-state index contributed by atoms with van der Waals surface area (Å²) in [7, 11) is 0. The molecule has 0 unspecified atom stereocenters. The Bertz CT molecular complexity index is 622. The summed E-state index contributed by atoms with van der Waals surface area (Å²) in [6.45, 7) is 0. The minimum atomic E-state index is -3.24. The lowest BCUT2D eigenvalue weighted by Gasteiger charge is -2.12. The Balaban J connectivity index is 2.55. The monoisotopic (exact) mass is 224 g/mol. The van der Waals surface area contributed by atoms with Gasteiger partial charge >= 0.3 is 5.76 Å². The summed E-state index contributed by atoms with van der Waals surface area (Å²) in [6, 6.07) is 4.95. The van der Waals surface area contributed by atoms with Crippen molar-refractivity contribution in [3.63, 3.8) is 0 Å². The van der Waals surface area contributed by atoms with Crippen LogP contribution in [-0.4, -0.2) is 4.98 Å². The van der Waals surface area contributed by atoms with E-state index in [-0.39, 0.29) is 11.1 Å². The Labute approximate surface area is 88.1 Å². The van der Waals surface area contributed by atoms with Gasteiger partial charge < -0.3 is 4.42 Å². The molecule has 0 bridgehead atoms. The molecule has 0 fully saturated rings. The smallest absolute Gasteiger partial charge is 0.408 e. The van der Waals surface area contributed by atoms with E-state index in [2.05, 4.69) is 9.40 Å². The fourth-order valence-electron chi connectivity index (χ4n) is 1.37. The van der Waals surface area contributed by atoms with Crippen molar-refractivity contribution in [2.75, 3.05) is 0 Å². The molecule has 0 atom stereocenters. The molecule has 0 amide bonds. The van der Waals surface area contributed by atoms with Crippen LogP contribution in [0.2, 0.25) is 0 Å². The van der Waals surface area contributed by atoms with Gasteiger partial charge in [-0.15, -0.1) is 0 Å². The number of aromatic nitrogens is 1. The van der Waals surface area contributed by atoms with Gasteiger partial charge in [0.2, 0.25) is 0 Å². The number of aromatic amines is 1. The fraction of sp³-hybridized carbons (Fsp3) is 0.200. The van der Waals surface area contributed by atoms with Crippen LogP contribution >= 0.6 is 0 Å². The first-order valence-corrected chi connectivity index (χ1v) is 4.41. The molecule has 4 nitrogen and oxygen atoms in total. The Hall–Kier alpha value is -2.16. The van der Waals surface area contributed by atoms with Crippen LogP contribution in [0.3, 0.4) is 0 Å². The highest BCUT2D eigenvalue weighted by atomic mass is 19.3. The summed E-state index contributed by atoms with van der Waals surface area (Å²) in [5.41, 5.74) is 0.0610. The number of oxazole rings is 1. The van der Waals surface area contributed by atoms with Crippen molar-refractivity contribution in [3.8, 4) is 6.07 Å². The lowest BCUT2D eigenvalue weighted by molar-refractivity contribution is 0.00100. The highest BCUT2D eigenvalue weighted by Gasteiger charge is 2.31. The zero-order valence-electron chi connectivity index (χ0n) is 7.96. The summed E-state index contributed by atoms with van der Waals surface area (Å²) in [5, 5.41) is 8.27. The van der Waals surface area contributed by atoms with E-state index in [9.17, 15) is 13.6 Å². The van der Waals surface area contributed by atoms with E-state index in [0.717, 1.165) is 12.1 Å². The molecule has 0 saturated heterocycles. The molecule has 0 saturated carbocycles. The number of benzene rings is 1. The van der Waals surface area contributed by atoms with Gasteiger partial charge in [-0.2, -0.15) is 5.26 Å². The van der Waals surface area contributed by atoms with Crippen molar-refractivity contribution in [1.82, 2.24) is 4.98 Å². The van der Waals surface area contributed by atoms with Gasteiger partial charge in [0.15, 0.2) is 5.58 Å². The van der Waals surface area contributed by atoms with Crippen LogP contribution in [0.1, 0.15) is 12.0 Å². The zero-order valence-corrected chi connectivity index (χ0v) is 7.96. The van der Waals surface area contributed by atoms with E-state index >= 15 is 0 Å². The normalized spacial score (nSPS) is 11.6. The number of H-pyrrole nitrogens is 1. The van der Waals surface area contributed by atoms with Gasteiger partial charge in [-0.05, 0) is 12.1 Å². The first-order valence-electron chi connectivity index (χ1n) is 4.41. The van der Waals surface area contributed by atoms with Crippen molar-refractivity contribution in [2.45, 2.75) is 12.3 Å². The van der Waals surface area contributed by atoms with Gasteiger partial charge in [0, 0.05) is 5.56 Å². The predicted octanol–water partition coefficient (Wildman–Crippen LogP) is 2.13. The third-order valence-electron chi connectivity index (χ3n) is 2.14. The number of hydrogen-bond acceptors (Lipinski definition) is 3. The third kappa shape index (κ3) is 1.67. The predicted molar refractivity (Wildman–Crippen MR) is 51.0 cm³/mol. The van der Waals surface area contributed by atoms with Gasteiger partial charge in [0.05, 0.1) is 11.6 Å². The average Bonchev–Trinajstić information content (AvgIpc) is 2.56. The lowest BCUT2D eigenvalue weighted by Crippen LogP contribution is -2.11. The number of alkyl halides is 2. The van der Waals surface area contributed by atoms with Crippen molar-refractivity contribution >= 4 is 11.1 Å².